The van der Waals surface area contributed by atoms with Gasteiger partial charge in [0.25, 0.3) is 0 Å². The summed E-state index contributed by atoms with van der Waals surface area (Å²) in [7, 11) is 0. The van der Waals surface area contributed by atoms with E-state index in [0.29, 0.717) is 0 Å². The fourth-order valence-electron chi connectivity index (χ4n) is 3.63. The minimum Gasteiger partial charge on any atom is -0.309 e. The van der Waals surface area contributed by atoms with E-state index in [0.717, 1.165) is 21.8 Å². The van der Waals surface area contributed by atoms with Crippen LogP contribution in [0.3, 0.4) is 0 Å². The number of fused-ring (bicyclic) bond motifs is 1. The molecule has 0 aliphatic heterocycles. The molecule has 132 valence electrons. The molecule has 0 unspecified atom stereocenters. The van der Waals surface area contributed by atoms with E-state index in [1.54, 1.807) is 0 Å². The summed E-state index contributed by atoms with van der Waals surface area (Å²) in [5.74, 6) is 0. The van der Waals surface area contributed by atoms with Crippen molar-refractivity contribution in [2.75, 3.05) is 4.90 Å². The highest BCUT2D eigenvalue weighted by atomic mass is 15.1. The molecular weight excluding hydrogens is 326 g/mol. The Morgan fingerprint density at radius 2 is 1.41 bits per heavy atom. The van der Waals surface area contributed by atoms with Crippen LogP contribution in [0.25, 0.3) is 23.4 Å². The maximum absolute atomic E-state index is 4.24. The largest absolute Gasteiger partial charge is 0.309 e. The lowest BCUT2D eigenvalue weighted by Gasteiger charge is -2.27. The monoisotopic (exact) mass is 349 g/mol. The van der Waals surface area contributed by atoms with Crippen molar-refractivity contribution >= 4 is 40.5 Å². The Morgan fingerprint density at radius 3 is 2.19 bits per heavy atom. The Labute approximate surface area is 160 Å². The Morgan fingerprint density at radius 1 is 0.741 bits per heavy atom. The van der Waals surface area contributed by atoms with E-state index in [4.69, 9.17) is 0 Å². The van der Waals surface area contributed by atoms with Crippen molar-refractivity contribution in [2.24, 2.45) is 0 Å². The SMILES string of the molecule is C=c1cccc(N(c2ccc(C)cc2)c2cccc3ccccc23)c1=CC. The van der Waals surface area contributed by atoms with Crippen molar-refractivity contribution in [2.45, 2.75) is 13.8 Å². The smallest absolute Gasteiger partial charge is 0.0540 e. The average Bonchev–Trinajstić information content (AvgIpc) is 2.70. The fraction of sp³-hybridized carbons (Fsp3) is 0.0769. The third-order valence-electron chi connectivity index (χ3n) is 5.00. The van der Waals surface area contributed by atoms with Crippen LogP contribution >= 0.6 is 0 Å². The molecule has 0 atom stereocenters. The molecule has 4 aromatic rings. The van der Waals surface area contributed by atoms with Gasteiger partial charge in [-0.2, -0.15) is 0 Å². The summed E-state index contributed by atoms with van der Waals surface area (Å²) in [5.41, 5.74) is 4.71. The van der Waals surface area contributed by atoms with Crippen LogP contribution < -0.4 is 15.3 Å². The van der Waals surface area contributed by atoms with Crippen LogP contribution in [0.5, 0.6) is 0 Å². The molecule has 0 aliphatic carbocycles. The van der Waals surface area contributed by atoms with Crippen molar-refractivity contribution in [1.82, 2.24) is 0 Å². The van der Waals surface area contributed by atoms with Gasteiger partial charge in [0.15, 0.2) is 0 Å². The molecule has 0 amide bonds. The zero-order chi connectivity index (χ0) is 18.8. The van der Waals surface area contributed by atoms with Crippen molar-refractivity contribution < 1.29 is 0 Å². The van der Waals surface area contributed by atoms with Crippen LogP contribution in [0.2, 0.25) is 0 Å². The van der Waals surface area contributed by atoms with Crippen molar-refractivity contribution in [1.29, 1.82) is 0 Å². The van der Waals surface area contributed by atoms with Crippen molar-refractivity contribution in [3.8, 4) is 0 Å². The van der Waals surface area contributed by atoms with Gasteiger partial charge in [0.05, 0.1) is 11.4 Å². The number of nitrogens with zero attached hydrogens (tertiary/aromatic N) is 1. The zero-order valence-corrected chi connectivity index (χ0v) is 15.8. The van der Waals surface area contributed by atoms with Gasteiger partial charge in [-0.15, -0.1) is 0 Å². The number of hydrogen-bond donors (Lipinski definition) is 0. The topological polar surface area (TPSA) is 3.24 Å². The lowest BCUT2D eigenvalue weighted by Crippen LogP contribution is -2.29. The normalized spacial score (nSPS) is 11.7. The summed E-state index contributed by atoms with van der Waals surface area (Å²) in [6.07, 6.45) is 2.14. The lowest BCUT2D eigenvalue weighted by molar-refractivity contribution is 1.26. The third kappa shape index (κ3) is 3.13. The predicted molar refractivity (Wildman–Crippen MR) is 118 cm³/mol. The summed E-state index contributed by atoms with van der Waals surface area (Å²) in [5, 5.41) is 4.66. The Hall–Kier alpha value is -3.32. The molecule has 0 bridgehead atoms. The lowest BCUT2D eigenvalue weighted by atomic mass is 10.1. The van der Waals surface area contributed by atoms with E-state index in [2.05, 4.69) is 116 Å². The molecule has 0 aromatic heterocycles. The van der Waals surface area contributed by atoms with Gasteiger partial charge in [0.1, 0.15) is 0 Å². The second kappa shape index (κ2) is 7.13. The first-order valence-electron chi connectivity index (χ1n) is 9.28. The van der Waals surface area contributed by atoms with Gasteiger partial charge < -0.3 is 4.90 Å². The van der Waals surface area contributed by atoms with Gasteiger partial charge in [-0.3, -0.25) is 0 Å². The van der Waals surface area contributed by atoms with Crippen LogP contribution in [-0.2, 0) is 0 Å². The number of aryl methyl sites for hydroxylation is 1. The Balaban J connectivity index is 2.08. The van der Waals surface area contributed by atoms with Crippen molar-refractivity contribution in [3.05, 3.63) is 101 Å². The van der Waals surface area contributed by atoms with Crippen LogP contribution in [0.15, 0.2) is 84.9 Å². The second-order valence-corrected chi connectivity index (χ2v) is 6.81. The third-order valence-corrected chi connectivity index (χ3v) is 5.00. The highest BCUT2D eigenvalue weighted by Crippen LogP contribution is 2.37. The second-order valence-electron chi connectivity index (χ2n) is 6.81. The minimum atomic E-state index is 1.03. The van der Waals surface area contributed by atoms with E-state index in [1.807, 2.05) is 0 Å². The van der Waals surface area contributed by atoms with E-state index in [-0.39, 0.29) is 0 Å². The molecule has 0 saturated heterocycles. The van der Waals surface area contributed by atoms with Crippen molar-refractivity contribution in [3.63, 3.8) is 0 Å². The van der Waals surface area contributed by atoms with Gasteiger partial charge in [0, 0.05) is 16.3 Å². The molecule has 1 nitrogen and oxygen atoms in total. The molecular formula is C26H23N. The van der Waals surface area contributed by atoms with Gasteiger partial charge in [-0.1, -0.05) is 78.9 Å². The molecule has 0 saturated carbocycles. The number of hydrogen-bond acceptors (Lipinski definition) is 1. The van der Waals surface area contributed by atoms with E-state index in [9.17, 15) is 0 Å². The summed E-state index contributed by atoms with van der Waals surface area (Å²) >= 11 is 0. The molecule has 1 heteroatoms. The molecule has 4 rings (SSSR count). The van der Waals surface area contributed by atoms with Crippen LogP contribution in [0, 0.1) is 6.92 Å². The standard InChI is InChI=1S/C26H23N/c1-4-23-20(3)9-7-13-25(23)27(22-17-15-19(2)16-18-22)26-14-8-11-21-10-5-6-12-24(21)26/h4-18H,3H2,1-2H3. The first-order chi connectivity index (χ1) is 13.2. The maximum Gasteiger partial charge on any atom is 0.0540 e. The summed E-state index contributed by atoms with van der Waals surface area (Å²) in [6.45, 7) is 8.43. The molecule has 0 radical (unpaired) electrons. The van der Waals surface area contributed by atoms with Crippen LogP contribution in [-0.4, -0.2) is 0 Å². The maximum atomic E-state index is 4.24. The summed E-state index contributed by atoms with van der Waals surface area (Å²) in [4.78, 5) is 2.34. The molecule has 27 heavy (non-hydrogen) atoms. The molecule has 0 fully saturated rings. The van der Waals surface area contributed by atoms with Gasteiger partial charge in [-0.25, -0.2) is 0 Å². The Kier molecular flexibility index (Phi) is 4.52. The number of anilines is 3. The highest BCUT2D eigenvalue weighted by molar-refractivity contribution is 5.98. The highest BCUT2D eigenvalue weighted by Gasteiger charge is 2.15. The molecule has 0 aliphatic rings. The molecule has 0 N–H and O–H groups in total. The molecule has 0 heterocycles. The predicted octanol–water partition coefficient (Wildman–Crippen LogP) is 5.83. The average molecular weight is 349 g/mol. The van der Waals surface area contributed by atoms with Gasteiger partial charge in [0.2, 0.25) is 0 Å². The van der Waals surface area contributed by atoms with Crippen LogP contribution in [0.4, 0.5) is 17.1 Å². The van der Waals surface area contributed by atoms with E-state index in [1.165, 1.54) is 22.0 Å². The minimum absolute atomic E-state index is 1.03. The van der Waals surface area contributed by atoms with Gasteiger partial charge >= 0.3 is 0 Å². The summed E-state index contributed by atoms with van der Waals surface area (Å²) < 4.78 is 0. The first-order valence-corrected chi connectivity index (χ1v) is 9.28. The zero-order valence-electron chi connectivity index (χ0n) is 15.8. The molecule has 4 aromatic carbocycles. The first kappa shape index (κ1) is 17.1. The number of benzene rings is 4. The fourth-order valence-corrected chi connectivity index (χ4v) is 3.63. The Bertz CT molecular complexity index is 1200. The molecule has 0 spiro atoms. The van der Waals surface area contributed by atoms with Gasteiger partial charge in [-0.05, 0) is 48.7 Å². The van der Waals surface area contributed by atoms with Crippen LogP contribution in [0.1, 0.15) is 12.5 Å². The number of rotatable bonds is 3. The van der Waals surface area contributed by atoms with E-state index >= 15 is 0 Å². The van der Waals surface area contributed by atoms with E-state index < -0.39 is 0 Å². The quantitative estimate of drug-likeness (QED) is 0.450. The summed E-state index contributed by atoms with van der Waals surface area (Å²) in [6, 6.07) is 30.0.